The fraction of sp³-hybridized carbons (Fsp3) is 0.417. The maximum Gasteiger partial charge on any atom is 0.210 e. The van der Waals surface area contributed by atoms with Crippen LogP contribution in [0.15, 0.2) is 30.3 Å². The second kappa shape index (κ2) is 4.45. The van der Waals surface area contributed by atoms with Crippen LogP contribution in [0.1, 0.15) is 24.3 Å². The van der Waals surface area contributed by atoms with Crippen LogP contribution >= 0.6 is 0 Å². The maximum absolute atomic E-state index is 10.8. The smallest absolute Gasteiger partial charge is 0.210 e. The van der Waals surface area contributed by atoms with Crippen molar-refractivity contribution in [1.29, 1.82) is 0 Å². The van der Waals surface area contributed by atoms with E-state index in [1.165, 1.54) is 5.56 Å². The van der Waals surface area contributed by atoms with E-state index in [0.717, 1.165) is 25.8 Å². The van der Waals surface area contributed by atoms with E-state index in [0.29, 0.717) is 0 Å². The first-order valence-electron chi connectivity index (χ1n) is 5.34. The van der Waals surface area contributed by atoms with Crippen molar-refractivity contribution in [2.45, 2.75) is 24.9 Å². The van der Waals surface area contributed by atoms with E-state index in [1.54, 1.807) is 4.90 Å². The predicted molar refractivity (Wildman–Crippen MR) is 59.2 cm³/mol. The lowest BCUT2D eigenvalue weighted by Crippen LogP contribution is -2.49. The number of carbonyl (C=O) groups excluding carboxylic acids is 1. The number of benzene rings is 1. The summed E-state index contributed by atoms with van der Waals surface area (Å²) in [6.07, 6.45) is 2.79. The third kappa shape index (κ3) is 2.02. The van der Waals surface area contributed by atoms with E-state index in [1.807, 2.05) is 18.2 Å². The third-order valence-electron chi connectivity index (χ3n) is 3.09. The van der Waals surface area contributed by atoms with E-state index in [9.17, 15) is 4.79 Å². The Morgan fingerprint density at radius 1 is 1.33 bits per heavy atom. The van der Waals surface area contributed by atoms with Crippen LogP contribution in [-0.4, -0.2) is 24.0 Å². The summed E-state index contributed by atoms with van der Waals surface area (Å²) in [5.41, 5.74) is 7.29. The summed E-state index contributed by atoms with van der Waals surface area (Å²) in [7, 11) is 0. The summed E-state index contributed by atoms with van der Waals surface area (Å²) in [4.78, 5) is 12.5. The van der Waals surface area contributed by atoms with Crippen LogP contribution in [0.5, 0.6) is 0 Å². The lowest BCUT2D eigenvalue weighted by atomic mass is 9.88. The van der Waals surface area contributed by atoms with Gasteiger partial charge in [-0.05, 0) is 18.4 Å². The molecule has 2 N–H and O–H groups in total. The Morgan fingerprint density at radius 3 is 2.73 bits per heavy atom. The van der Waals surface area contributed by atoms with Gasteiger partial charge in [-0.1, -0.05) is 30.3 Å². The van der Waals surface area contributed by atoms with Gasteiger partial charge in [0, 0.05) is 12.5 Å². The summed E-state index contributed by atoms with van der Waals surface area (Å²) in [6, 6.07) is 10.2. The minimum Gasteiger partial charge on any atom is -0.329 e. The molecule has 3 heteroatoms. The molecule has 1 amide bonds. The van der Waals surface area contributed by atoms with Gasteiger partial charge in [-0.3, -0.25) is 4.79 Å². The summed E-state index contributed by atoms with van der Waals surface area (Å²) < 4.78 is 0. The highest BCUT2D eigenvalue weighted by molar-refractivity contribution is 5.48. The Kier molecular flexibility index (Phi) is 3.02. The van der Waals surface area contributed by atoms with E-state index in [4.69, 9.17) is 5.73 Å². The number of hydrogen-bond acceptors (Lipinski definition) is 2. The molecule has 2 rings (SSSR count). The average Bonchev–Trinajstić information content (AvgIpc) is 2.30. The predicted octanol–water partition coefficient (Wildman–Crippen LogP) is 1.31. The molecule has 0 saturated carbocycles. The van der Waals surface area contributed by atoms with Crippen molar-refractivity contribution in [2.24, 2.45) is 5.73 Å². The minimum absolute atomic E-state index is 0.168. The number of carbonyl (C=O) groups is 1. The van der Waals surface area contributed by atoms with Gasteiger partial charge in [0.25, 0.3) is 0 Å². The van der Waals surface area contributed by atoms with Crippen molar-refractivity contribution >= 4 is 6.41 Å². The van der Waals surface area contributed by atoms with Crippen LogP contribution in [0.25, 0.3) is 0 Å². The summed E-state index contributed by atoms with van der Waals surface area (Å²) in [5, 5.41) is 0. The molecule has 1 saturated heterocycles. The van der Waals surface area contributed by atoms with Crippen molar-refractivity contribution in [1.82, 2.24) is 4.90 Å². The second-order valence-corrected chi connectivity index (χ2v) is 3.99. The lowest BCUT2D eigenvalue weighted by molar-refractivity contribution is -0.121. The average molecular weight is 204 g/mol. The molecule has 0 spiro atoms. The van der Waals surface area contributed by atoms with Crippen molar-refractivity contribution in [3.05, 3.63) is 35.9 Å². The van der Waals surface area contributed by atoms with E-state index in [-0.39, 0.29) is 12.1 Å². The quantitative estimate of drug-likeness (QED) is 0.738. The van der Waals surface area contributed by atoms with E-state index < -0.39 is 0 Å². The SMILES string of the molecule is NC1C(c2ccccc2)CCCN1C=O. The van der Waals surface area contributed by atoms with Gasteiger partial charge in [0.1, 0.15) is 0 Å². The molecule has 2 unspecified atom stereocenters. The fourth-order valence-corrected chi connectivity index (χ4v) is 2.23. The monoisotopic (exact) mass is 204 g/mol. The zero-order valence-electron chi connectivity index (χ0n) is 8.67. The van der Waals surface area contributed by atoms with Gasteiger partial charge in [0.05, 0.1) is 6.17 Å². The van der Waals surface area contributed by atoms with Crippen molar-refractivity contribution in [3.8, 4) is 0 Å². The topological polar surface area (TPSA) is 46.3 Å². The Bertz CT molecular complexity index is 326. The van der Waals surface area contributed by atoms with Crippen LogP contribution in [0.4, 0.5) is 0 Å². The van der Waals surface area contributed by atoms with Gasteiger partial charge in [-0.15, -0.1) is 0 Å². The zero-order valence-corrected chi connectivity index (χ0v) is 8.67. The van der Waals surface area contributed by atoms with Crippen LogP contribution in [0, 0.1) is 0 Å². The highest BCUT2D eigenvalue weighted by Crippen LogP contribution is 2.29. The highest BCUT2D eigenvalue weighted by Gasteiger charge is 2.28. The molecule has 1 fully saturated rings. The Balaban J connectivity index is 2.18. The number of nitrogens with two attached hydrogens (primary N) is 1. The van der Waals surface area contributed by atoms with E-state index in [2.05, 4.69) is 12.1 Å². The fourth-order valence-electron chi connectivity index (χ4n) is 2.23. The molecule has 1 aromatic carbocycles. The van der Waals surface area contributed by atoms with Crippen LogP contribution in [0.2, 0.25) is 0 Å². The van der Waals surface area contributed by atoms with Crippen LogP contribution in [-0.2, 0) is 4.79 Å². The van der Waals surface area contributed by atoms with Crippen molar-refractivity contribution < 1.29 is 4.79 Å². The molecule has 0 aliphatic carbocycles. The first-order chi connectivity index (χ1) is 7.33. The largest absolute Gasteiger partial charge is 0.329 e. The molecule has 0 bridgehead atoms. The molecular weight excluding hydrogens is 188 g/mol. The maximum atomic E-state index is 10.8. The first kappa shape index (κ1) is 10.2. The summed E-state index contributed by atoms with van der Waals surface area (Å²) in [6.45, 7) is 0.786. The van der Waals surface area contributed by atoms with E-state index >= 15 is 0 Å². The van der Waals surface area contributed by atoms with Gasteiger partial charge in [0.2, 0.25) is 6.41 Å². The molecule has 0 radical (unpaired) electrons. The third-order valence-corrected chi connectivity index (χ3v) is 3.09. The molecular formula is C12H16N2O. The number of piperidine rings is 1. The lowest BCUT2D eigenvalue weighted by Gasteiger charge is -2.36. The molecule has 0 aromatic heterocycles. The zero-order chi connectivity index (χ0) is 10.7. The Labute approximate surface area is 89.9 Å². The Morgan fingerprint density at radius 2 is 2.07 bits per heavy atom. The van der Waals surface area contributed by atoms with Gasteiger partial charge < -0.3 is 10.6 Å². The molecule has 1 heterocycles. The number of rotatable bonds is 2. The standard InChI is InChI=1S/C12H16N2O/c13-12-11(7-4-8-14(12)9-15)10-5-2-1-3-6-10/h1-3,5-6,9,11-12H,4,7-8,13H2. The molecule has 2 atom stereocenters. The van der Waals surface area contributed by atoms with Gasteiger partial charge >= 0.3 is 0 Å². The molecule has 1 aromatic rings. The van der Waals surface area contributed by atoms with Crippen molar-refractivity contribution in [2.75, 3.05) is 6.54 Å². The summed E-state index contributed by atoms with van der Waals surface area (Å²) >= 11 is 0. The molecule has 15 heavy (non-hydrogen) atoms. The number of hydrogen-bond donors (Lipinski definition) is 1. The number of nitrogens with zero attached hydrogens (tertiary/aromatic N) is 1. The number of amides is 1. The van der Waals surface area contributed by atoms with Gasteiger partial charge in [-0.25, -0.2) is 0 Å². The second-order valence-electron chi connectivity index (χ2n) is 3.99. The molecule has 1 aliphatic rings. The first-order valence-corrected chi connectivity index (χ1v) is 5.34. The highest BCUT2D eigenvalue weighted by atomic mass is 16.1. The normalized spacial score (nSPS) is 26.3. The van der Waals surface area contributed by atoms with Gasteiger partial charge in [-0.2, -0.15) is 0 Å². The minimum atomic E-state index is -0.168. The number of likely N-dealkylation sites (tertiary alicyclic amines) is 1. The summed E-state index contributed by atoms with van der Waals surface area (Å²) in [5.74, 6) is 0.283. The molecule has 80 valence electrons. The molecule has 3 nitrogen and oxygen atoms in total. The van der Waals surface area contributed by atoms with Gasteiger partial charge in [0.15, 0.2) is 0 Å². The Hall–Kier alpha value is -1.35. The molecule has 1 aliphatic heterocycles. The van der Waals surface area contributed by atoms with Crippen molar-refractivity contribution in [3.63, 3.8) is 0 Å². The van der Waals surface area contributed by atoms with Crippen LogP contribution in [0.3, 0.4) is 0 Å². The van der Waals surface area contributed by atoms with Crippen LogP contribution < -0.4 is 5.73 Å².